The molecule has 0 saturated heterocycles. The number of amides is 1. The fraction of sp³-hybridized carbons (Fsp3) is 0.632. The van der Waals surface area contributed by atoms with Crippen molar-refractivity contribution in [2.75, 3.05) is 27.7 Å². The van der Waals surface area contributed by atoms with E-state index in [1.54, 1.807) is 0 Å². The lowest BCUT2D eigenvalue weighted by Gasteiger charge is -2.34. The summed E-state index contributed by atoms with van der Waals surface area (Å²) in [6.07, 6.45) is 3.38. The highest BCUT2D eigenvalue weighted by Gasteiger charge is 2.49. The number of benzene rings is 1. The second-order valence-electron chi connectivity index (χ2n) is 8.20. The monoisotopic (exact) mass is 300 g/mol. The fourth-order valence-electron chi connectivity index (χ4n) is 3.64. The van der Waals surface area contributed by atoms with E-state index >= 15 is 0 Å². The van der Waals surface area contributed by atoms with Crippen LogP contribution >= 0.6 is 0 Å². The van der Waals surface area contributed by atoms with Gasteiger partial charge in [0.05, 0.1) is 0 Å². The van der Waals surface area contributed by atoms with Gasteiger partial charge in [-0.3, -0.25) is 9.69 Å². The molecule has 0 unspecified atom stereocenters. The Balaban J connectivity index is 2.23. The average Bonchev–Trinajstić information content (AvgIpc) is 3.22. The molecule has 1 aliphatic heterocycles. The summed E-state index contributed by atoms with van der Waals surface area (Å²) in [6, 6.07) is 4.52. The van der Waals surface area contributed by atoms with Crippen molar-refractivity contribution in [2.45, 2.75) is 51.0 Å². The third kappa shape index (κ3) is 2.26. The van der Waals surface area contributed by atoms with Crippen LogP contribution in [-0.2, 0) is 17.4 Å². The van der Waals surface area contributed by atoms with Gasteiger partial charge in [0, 0.05) is 24.7 Å². The summed E-state index contributed by atoms with van der Waals surface area (Å²) in [5, 5.41) is 0. The Hall–Kier alpha value is -1.35. The Morgan fingerprint density at radius 1 is 1.18 bits per heavy atom. The molecule has 0 aromatic heterocycles. The van der Waals surface area contributed by atoms with Crippen LogP contribution in [-0.4, -0.2) is 43.4 Å². The van der Waals surface area contributed by atoms with E-state index in [4.69, 9.17) is 0 Å². The average molecular weight is 300 g/mol. The molecule has 1 aromatic rings. The fourth-order valence-corrected chi connectivity index (χ4v) is 3.64. The van der Waals surface area contributed by atoms with Gasteiger partial charge < -0.3 is 4.90 Å². The second kappa shape index (κ2) is 4.82. The molecule has 1 fully saturated rings. The standard InChI is InChI=1S/C19H28N2O/c1-18(2,3)13-11-15-14(7-10-21(6)17(15)22)16(12-13)19(8-9-19)20(4)5/h11-12H,7-10H2,1-6H3. The van der Waals surface area contributed by atoms with Gasteiger partial charge in [0.1, 0.15) is 0 Å². The van der Waals surface area contributed by atoms with E-state index in [2.05, 4.69) is 51.9 Å². The molecule has 120 valence electrons. The molecule has 0 spiro atoms. The van der Waals surface area contributed by atoms with Crippen LogP contribution in [0.5, 0.6) is 0 Å². The van der Waals surface area contributed by atoms with Gasteiger partial charge >= 0.3 is 0 Å². The number of hydrogen-bond donors (Lipinski definition) is 0. The summed E-state index contributed by atoms with van der Waals surface area (Å²) in [4.78, 5) is 16.9. The van der Waals surface area contributed by atoms with Crippen molar-refractivity contribution >= 4 is 5.91 Å². The maximum Gasteiger partial charge on any atom is 0.253 e. The van der Waals surface area contributed by atoms with Crippen molar-refractivity contribution in [1.29, 1.82) is 0 Å². The molecule has 1 saturated carbocycles. The van der Waals surface area contributed by atoms with Crippen molar-refractivity contribution in [3.05, 3.63) is 34.4 Å². The third-order valence-corrected chi connectivity index (χ3v) is 5.47. The van der Waals surface area contributed by atoms with Crippen LogP contribution < -0.4 is 0 Å². The van der Waals surface area contributed by atoms with Crippen molar-refractivity contribution in [1.82, 2.24) is 9.80 Å². The van der Waals surface area contributed by atoms with E-state index in [9.17, 15) is 4.79 Å². The molecule has 1 aromatic carbocycles. The molecular weight excluding hydrogens is 272 g/mol. The first-order valence-electron chi connectivity index (χ1n) is 8.27. The normalized spacial score (nSPS) is 20.3. The van der Waals surface area contributed by atoms with E-state index in [0.717, 1.165) is 18.5 Å². The van der Waals surface area contributed by atoms with E-state index in [1.807, 2.05) is 11.9 Å². The summed E-state index contributed by atoms with van der Waals surface area (Å²) >= 11 is 0. The lowest BCUT2D eigenvalue weighted by atomic mass is 9.79. The van der Waals surface area contributed by atoms with Crippen molar-refractivity contribution in [2.24, 2.45) is 0 Å². The molecule has 1 amide bonds. The minimum absolute atomic E-state index is 0.0580. The molecule has 3 nitrogen and oxygen atoms in total. The van der Waals surface area contributed by atoms with Crippen LogP contribution in [0.15, 0.2) is 12.1 Å². The van der Waals surface area contributed by atoms with Crippen molar-refractivity contribution in [3.63, 3.8) is 0 Å². The Kier molecular flexibility index (Phi) is 3.41. The van der Waals surface area contributed by atoms with Gasteiger partial charge in [0.15, 0.2) is 0 Å². The molecule has 3 heteroatoms. The minimum Gasteiger partial charge on any atom is -0.341 e. The Morgan fingerprint density at radius 2 is 1.82 bits per heavy atom. The van der Waals surface area contributed by atoms with Gasteiger partial charge in [0.2, 0.25) is 0 Å². The highest BCUT2D eigenvalue weighted by atomic mass is 16.2. The van der Waals surface area contributed by atoms with E-state index in [-0.39, 0.29) is 16.9 Å². The first kappa shape index (κ1) is 15.5. The highest BCUT2D eigenvalue weighted by molar-refractivity contribution is 5.97. The molecule has 1 aliphatic carbocycles. The quantitative estimate of drug-likeness (QED) is 0.837. The van der Waals surface area contributed by atoms with Gasteiger partial charge in [-0.05, 0) is 61.5 Å². The zero-order valence-electron chi connectivity index (χ0n) is 14.8. The number of rotatable bonds is 2. The summed E-state index contributed by atoms with van der Waals surface area (Å²) in [7, 11) is 6.24. The van der Waals surface area contributed by atoms with Crippen LogP contribution in [0.1, 0.15) is 60.7 Å². The number of likely N-dealkylation sites (N-methyl/N-ethyl adjacent to an activating group) is 1. The minimum atomic E-state index is 0.0580. The zero-order valence-corrected chi connectivity index (χ0v) is 14.8. The van der Waals surface area contributed by atoms with Gasteiger partial charge in [0.25, 0.3) is 5.91 Å². The van der Waals surface area contributed by atoms with Crippen LogP contribution in [0.2, 0.25) is 0 Å². The molecule has 0 radical (unpaired) electrons. The summed E-state index contributed by atoms with van der Waals surface area (Å²) < 4.78 is 0. The largest absolute Gasteiger partial charge is 0.341 e. The number of carbonyl (C=O) groups is 1. The molecule has 22 heavy (non-hydrogen) atoms. The van der Waals surface area contributed by atoms with Gasteiger partial charge in [-0.1, -0.05) is 26.8 Å². The van der Waals surface area contributed by atoms with Gasteiger partial charge in [-0.15, -0.1) is 0 Å². The smallest absolute Gasteiger partial charge is 0.253 e. The van der Waals surface area contributed by atoms with Crippen LogP contribution in [0.25, 0.3) is 0 Å². The first-order chi connectivity index (χ1) is 10.2. The SMILES string of the molecule is CN1CCc2c(cc(C(C)(C)C)cc2C2(N(C)C)CC2)C1=O. The maximum atomic E-state index is 12.7. The number of fused-ring (bicyclic) bond motifs is 1. The van der Waals surface area contributed by atoms with Crippen LogP contribution in [0.3, 0.4) is 0 Å². The van der Waals surface area contributed by atoms with Gasteiger partial charge in [-0.25, -0.2) is 0 Å². The zero-order chi connectivity index (χ0) is 16.3. The van der Waals surface area contributed by atoms with Crippen LogP contribution in [0, 0.1) is 0 Å². The molecule has 1 heterocycles. The second-order valence-corrected chi connectivity index (χ2v) is 8.20. The lowest BCUT2D eigenvalue weighted by Crippen LogP contribution is -2.37. The molecule has 3 rings (SSSR count). The summed E-state index contributed by atoms with van der Waals surface area (Å²) in [6.45, 7) is 7.51. The summed E-state index contributed by atoms with van der Waals surface area (Å²) in [5.74, 6) is 0.183. The van der Waals surface area contributed by atoms with Gasteiger partial charge in [-0.2, -0.15) is 0 Å². The number of nitrogens with zero attached hydrogens (tertiary/aromatic N) is 2. The molecule has 0 N–H and O–H groups in total. The van der Waals surface area contributed by atoms with Crippen LogP contribution in [0.4, 0.5) is 0 Å². The first-order valence-corrected chi connectivity index (χ1v) is 8.27. The predicted octanol–water partition coefficient (Wildman–Crippen LogP) is 3.16. The lowest BCUT2D eigenvalue weighted by molar-refractivity contribution is 0.0779. The highest BCUT2D eigenvalue weighted by Crippen LogP contribution is 2.52. The third-order valence-electron chi connectivity index (χ3n) is 5.47. The molecule has 0 bridgehead atoms. The Labute approximate surface area is 134 Å². The maximum absolute atomic E-state index is 12.7. The number of carbonyl (C=O) groups excluding carboxylic acids is 1. The number of hydrogen-bond acceptors (Lipinski definition) is 2. The van der Waals surface area contributed by atoms with E-state index in [1.165, 1.54) is 29.5 Å². The molecular formula is C19H28N2O. The predicted molar refractivity (Wildman–Crippen MR) is 90.4 cm³/mol. The van der Waals surface area contributed by atoms with E-state index in [0.29, 0.717) is 0 Å². The Bertz CT molecular complexity index is 621. The summed E-state index contributed by atoms with van der Waals surface area (Å²) in [5.41, 5.74) is 5.12. The topological polar surface area (TPSA) is 23.6 Å². The molecule has 2 aliphatic rings. The molecule has 0 atom stereocenters. The van der Waals surface area contributed by atoms with E-state index < -0.39 is 0 Å². The van der Waals surface area contributed by atoms with Crippen molar-refractivity contribution in [3.8, 4) is 0 Å². The Morgan fingerprint density at radius 3 is 2.32 bits per heavy atom. The van der Waals surface area contributed by atoms with Crippen molar-refractivity contribution < 1.29 is 4.79 Å².